The standard InChI is InChI=1S/C12H14N2O2/c1-8-2-4-9(5-3-8)11(15)10-12(16)14-7-6-13-10/h2-5,10,13H,6-7H2,1H3,(H,14,16). The van der Waals surface area contributed by atoms with Crippen molar-refractivity contribution in [2.24, 2.45) is 0 Å². The molecule has 1 heterocycles. The first-order valence-electron chi connectivity index (χ1n) is 5.30. The molecule has 1 aromatic rings. The highest BCUT2D eigenvalue weighted by Gasteiger charge is 2.29. The fourth-order valence-electron chi connectivity index (χ4n) is 1.69. The van der Waals surface area contributed by atoms with E-state index in [4.69, 9.17) is 0 Å². The third kappa shape index (κ3) is 2.12. The lowest BCUT2D eigenvalue weighted by molar-refractivity contribution is -0.123. The molecule has 1 aromatic carbocycles. The van der Waals surface area contributed by atoms with Crippen LogP contribution >= 0.6 is 0 Å². The Morgan fingerprint density at radius 1 is 1.25 bits per heavy atom. The van der Waals surface area contributed by atoms with Crippen LogP contribution in [0.3, 0.4) is 0 Å². The number of carbonyl (C=O) groups is 2. The van der Waals surface area contributed by atoms with Crippen molar-refractivity contribution in [2.75, 3.05) is 13.1 Å². The van der Waals surface area contributed by atoms with Gasteiger partial charge in [0.05, 0.1) is 0 Å². The minimum Gasteiger partial charge on any atom is -0.353 e. The third-order valence-corrected chi connectivity index (χ3v) is 2.63. The van der Waals surface area contributed by atoms with Gasteiger partial charge in [-0.15, -0.1) is 0 Å². The van der Waals surface area contributed by atoms with Crippen LogP contribution < -0.4 is 10.6 Å². The Labute approximate surface area is 94.0 Å². The number of hydrogen-bond acceptors (Lipinski definition) is 3. The Hall–Kier alpha value is -1.68. The van der Waals surface area contributed by atoms with E-state index < -0.39 is 6.04 Å². The number of nitrogens with one attached hydrogen (secondary N) is 2. The second-order valence-electron chi connectivity index (χ2n) is 3.91. The number of aryl methyl sites for hydroxylation is 1. The normalized spacial score (nSPS) is 20.3. The van der Waals surface area contributed by atoms with Crippen molar-refractivity contribution in [2.45, 2.75) is 13.0 Å². The van der Waals surface area contributed by atoms with Crippen LogP contribution in [0.2, 0.25) is 0 Å². The van der Waals surface area contributed by atoms with Gasteiger partial charge in [0.25, 0.3) is 0 Å². The molecule has 4 heteroatoms. The Kier molecular flexibility index (Phi) is 3.01. The van der Waals surface area contributed by atoms with Crippen LogP contribution in [0.25, 0.3) is 0 Å². The van der Waals surface area contributed by atoms with Gasteiger partial charge in [0.1, 0.15) is 0 Å². The summed E-state index contributed by atoms with van der Waals surface area (Å²) in [6, 6.07) is 6.50. The monoisotopic (exact) mass is 218 g/mol. The zero-order valence-electron chi connectivity index (χ0n) is 9.12. The average molecular weight is 218 g/mol. The molecule has 0 saturated carbocycles. The van der Waals surface area contributed by atoms with Crippen molar-refractivity contribution in [1.82, 2.24) is 10.6 Å². The van der Waals surface area contributed by atoms with Gasteiger partial charge in [-0.1, -0.05) is 29.8 Å². The molecule has 16 heavy (non-hydrogen) atoms. The second-order valence-corrected chi connectivity index (χ2v) is 3.91. The highest BCUT2D eigenvalue weighted by atomic mass is 16.2. The molecule has 1 aliphatic rings. The SMILES string of the molecule is Cc1ccc(C(=O)C2NCCNC2=O)cc1. The summed E-state index contributed by atoms with van der Waals surface area (Å²) >= 11 is 0. The van der Waals surface area contributed by atoms with Crippen molar-refractivity contribution in [3.05, 3.63) is 35.4 Å². The molecule has 1 fully saturated rings. The van der Waals surface area contributed by atoms with E-state index in [1.165, 1.54) is 0 Å². The maximum Gasteiger partial charge on any atom is 0.245 e. The van der Waals surface area contributed by atoms with E-state index in [1.807, 2.05) is 19.1 Å². The van der Waals surface area contributed by atoms with Crippen molar-refractivity contribution < 1.29 is 9.59 Å². The van der Waals surface area contributed by atoms with Crippen molar-refractivity contribution in [3.8, 4) is 0 Å². The molecule has 0 aromatic heterocycles. The van der Waals surface area contributed by atoms with E-state index in [0.717, 1.165) is 5.56 Å². The Morgan fingerprint density at radius 3 is 2.56 bits per heavy atom. The van der Waals surface area contributed by atoms with Crippen LogP contribution in [0.15, 0.2) is 24.3 Å². The molecule has 2 rings (SSSR count). The minimum atomic E-state index is -0.739. The lowest BCUT2D eigenvalue weighted by Gasteiger charge is -2.22. The topological polar surface area (TPSA) is 58.2 Å². The van der Waals surface area contributed by atoms with Crippen LogP contribution in [-0.4, -0.2) is 30.8 Å². The number of benzene rings is 1. The van der Waals surface area contributed by atoms with Gasteiger partial charge >= 0.3 is 0 Å². The highest BCUT2D eigenvalue weighted by Crippen LogP contribution is 2.07. The zero-order chi connectivity index (χ0) is 11.5. The van der Waals surface area contributed by atoms with Crippen LogP contribution in [-0.2, 0) is 4.79 Å². The van der Waals surface area contributed by atoms with Crippen molar-refractivity contribution in [1.29, 1.82) is 0 Å². The fourth-order valence-corrected chi connectivity index (χ4v) is 1.69. The first-order valence-corrected chi connectivity index (χ1v) is 5.30. The maximum absolute atomic E-state index is 12.0. The fraction of sp³-hybridized carbons (Fsp3) is 0.333. The summed E-state index contributed by atoms with van der Waals surface area (Å²) < 4.78 is 0. The average Bonchev–Trinajstić information content (AvgIpc) is 2.30. The van der Waals surface area contributed by atoms with E-state index in [-0.39, 0.29) is 11.7 Å². The Balaban J connectivity index is 2.17. The molecule has 0 spiro atoms. The third-order valence-electron chi connectivity index (χ3n) is 2.63. The first-order chi connectivity index (χ1) is 7.68. The van der Waals surface area contributed by atoms with E-state index in [9.17, 15) is 9.59 Å². The molecule has 0 radical (unpaired) electrons. The van der Waals surface area contributed by atoms with Crippen molar-refractivity contribution >= 4 is 11.7 Å². The number of piperazine rings is 1. The summed E-state index contributed by atoms with van der Waals surface area (Å²) in [5.74, 6) is -0.408. The van der Waals surface area contributed by atoms with Crippen molar-refractivity contribution in [3.63, 3.8) is 0 Å². The van der Waals surface area contributed by atoms with Gasteiger partial charge in [-0.2, -0.15) is 0 Å². The highest BCUT2D eigenvalue weighted by molar-refractivity contribution is 6.13. The van der Waals surface area contributed by atoms with Crippen LogP contribution in [0.1, 0.15) is 15.9 Å². The van der Waals surface area contributed by atoms with Gasteiger partial charge in [-0.05, 0) is 6.92 Å². The molecule has 84 valence electrons. The summed E-state index contributed by atoms with van der Waals surface area (Å²) in [4.78, 5) is 23.5. The summed E-state index contributed by atoms with van der Waals surface area (Å²) in [6.45, 7) is 3.17. The zero-order valence-corrected chi connectivity index (χ0v) is 9.12. The quantitative estimate of drug-likeness (QED) is 0.553. The van der Waals surface area contributed by atoms with Gasteiger partial charge < -0.3 is 5.32 Å². The Morgan fingerprint density at radius 2 is 1.94 bits per heavy atom. The summed E-state index contributed by atoms with van der Waals surface area (Å²) in [7, 11) is 0. The summed E-state index contributed by atoms with van der Waals surface area (Å²) in [5.41, 5.74) is 1.66. The van der Waals surface area contributed by atoms with Gasteiger partial charge in [-0.3, -0.25) is 14.9 Å². The van der Waals surface area contributed by atoms with Gasteiger partial charge in [0.2, 0.25) is 5.91 Å². The predicted molar refractivity (Wildman–Crippen MR) is 60.3 cm³/mol. The molecule has 0 bridgehead atoms. The first kappa shape index (κ1) is 10.8. The number of Topliss-reactive ketones (excluding diaryl/α,β-unsaturated/α-hetero) is 1. The van der Waals surface area contributed by atoms with Gasteiger partial charge in [0, 0.05) is 18.7 Å². The van der Waals surface area contributed by atoms with Crippen LogP contribution in [0, 0.1) is 6.92 Å². The predicted octanol–water partition coefficient (Wildman–Crippen LogP) is 0.266. The van der Waals surface area contributed by atoms with Gasteiger partial charge in [-0.25, -0.2) is 0 Å². The number of amides is 1. The van der Waals surface area contributed by atoms with E-state index in [0.29, 0.717) is 18.7 Å². The van der Waals surface area contributed by atoms with Crippen LogP contribution in [0.5, 0.6) is 0 Å². The lowest BCUT2D eigenvalue weighted by atomic mass is 10.0. The van der Waals surface area contributed by atoms with Crippen LogP contribution in [0.4, 0.5) is 0 Å². The summed E-state index contributed by atoms with van der Waals surface area (Å²) in [6.07, 6.45) is 0. The Bertz CT molecular complexity index is 412. The van der Waals surface area contributed by atoms with E-state index >= 15 is 0 Å². The number of ketones is 1. The number of rotatable bonds is 2. The smallest absolute Gasteiger partial charge is 0.245 e. The van der Waals surface area contributed by atoms with Gasteiger partial charge in [0.15, 0.2) is 11.8 Å². The largest absolute Gasteiger partial charge is 0.353 e. The lowest BCUT2D eigenvalue weighted by Crippen LogP contribution is -2.56. The van der Waals surface area contributed by atoms with E-state index in [2.05, 4.69) is 10.6 Å². The maximum atomic E-state index is 12.0. The second kappa shape index (κ2) is 4.45. The molecule has 2 N–H and O–H groups in total. The molecular formula is C12H14N2O2. The summed E-state index contributed by atoms with van der Waals surface area (Å²) in [5, 5.41) is 5.59. The molecule has 1 atom stereocenters. The number of carbonyl (C=O) groups excluding carboxylic acids is 2. The molecule has 1 aliphatic heterocycles. The van der Waals surface area contributed by atoms with E-state index in [1.54, 1.807) is 12.1 Å². The molecular weight excluding hydrogens is 204 g/mol. The molecule has 1 unspecified atom stereocenters. The molecule has 1 amide bonds. The molecule has 1 saturated heterocycles. The minimum absolute atomic E-state index is 0.169. The molecule has 0 aliphatic carbocycles. The number of hydrogen-bond donors (Lipinski definition) is 2. The molecule has 4 nitrogen and oxygen atoms in total.